The van der Waals surface area contributed by atoms with Crippen LogP contribution in [0.3, 0.4) is 0 Å². The number of hydrogen-bond acceptors (Lipinski definition) is 3. The second-order valence-electron chi connectivity index (χ2n) is 4.89. The van der Waals surface area contributed by atoms with Crippen LogP contribution in [0.15, 0.2) is 18.3 Å². The van der Waals surface area contributed by atoms with Gasteiger partial charge < -0.3 is 5.73 Å². The summed E-state index contributed by atoms with van der Waals surface area (Å²) >= 11 is 5.07. The van der Waals surface area contributed by atoms with E-state index in [1.807, 2.05) is 6.07 Å². The lowest BCUT2D eigenvalue weighted by atomic mass is 10.0. The molecule has 3 nitrogen and oxygen atoms in total. The fraction of sp³-hybridized carbons (Fsp3) is 0.600. The maximum absolute atomic E-state index is 5.74. The van der Waals surface area contributed by atoms with E-state index in [1.165, 1.54) is 12.8 Å². The standard InChI is InChI=1S/C15H25N3S/c1-4-12(5-2)10-18(6-3)11-13-8-7-9-17-14(13)15(16)19/h7-9,12H,4-6,10-11H2,1-3H3,(H2,16,19). The molecule has 4 heteroatoms. The Kier molecular flexibility index (Phi) is 6.95. The van der Waals surface area contributed by atoms with E-state index in [0.29, 0.717) is 4.99 Å². The Labute approximate surface area is 122 Å². The number of pyridine rings is 1. The molecule has 0 aliphatic carbocycles. The van der Waals surface area contributed by atoms with Crippen molar-refractivity contribution in [2.75, 3.05) is 13.1 Å². The van der Waals surface area contributed by atoms with Crippen molar-refractivity contribution >= 4 is 17.2 Å². The Morgan fingerprint density at radius 2 is 2.05 bits per heavy atom. The molecule has 0 amide bonds. The molecule has 106 valence electrons. The van der Waals surface area contributed by atoms with E-state index in [0.717, 1.165) is 36.8 Å². The molecule has 0 unspecified atom stereocenters. The number of thiocarbonyl (C=S) groups is 1. The van der Waals surface area contributed by atoms with Gasteiger partial charge in [0.2, 0.25) is 0 Å². The van der Waals surface area contributed by atoms with Gasteiger partial charge in [0.05, 0.1) is 0 Å². The molecule has 0 saturated heterocycles. The van der Waals surface area contributed by atoms with Crippen molar-refractivity contribution in [2.45, 2.75) is 40.2 Å². The van der Waals surface area contributed by atoms with Gasteiger partial charge in [0.15, 0.2) is 0 Å². The monoisotopic (exact) mass is 279 g/mol. The third-order valence-corrected chi connectivity index (χ3v) is 3.83. The second kappa shape index (κ2) is 8.23. The highest BCUT2D eigenvalue weighted by Gasteiger charge is 2.13. The predicted molar refractivity (Wildman–Crippen MR) is 85.1 cm³/mol. The Balaban J connectivity index is 2.78. The summed E-state index contributed by atoms with van der Waals surface area (Å²) in [6, 6.07) is 4.01. The largest absolute Gasteiger partial charge is 0.388 e. The van der Waals surface area contributed by atoms with Crippen molar-refractivity contribution in [3.63, 3.8) is 0 Å². The first-order valence-corrected chi connectivity index (χ1v) is 7.49. The Morgan fingerprint density at radius 3 is 2.58 bits per heavy atom. The zero-order valence-electron chi connectivity index (χ0n) is 12.2. The lowest BCUT2D eigenvalue weighted by Crippen LogP contribution is -2.30. The topological polar surface area (TPSA) is 42.2 Å². The lowest BCUT2D eigenvalue weighted by molar-refractivity contribution is 0.226. The quantitative estimate of drug-likeness (QED) is 0.743. The fourth-order valence-corrected chi connectivity index (χ4v) is 2.43. The van der Waals surface area contributed by atoms with Crippen molar-refractivity contribution in [1.82, 2.24) is 9.88 Å². The minimum Gasteiger partial charge on any atom is -0.388 e. The van der Waals surface area contributed by atoms with E-state index in [1.54, 1.807) is 6.20 Å². The van der Waals surface area contributed by atoms with E-state index in [-0.39, 0.29) is 0 Å². The Morgan fingerprint density at radius 1 is 1.37 bits per heavy atom. The Bertz CT molecular complexity index is 402. The maximum atomic E-state index is 5.74. The van der Waals surface area contributed by atoms with Gasteiger partial charge in [-0.1, -0.05) is 51.9 Å². The number of aromatic nitrogens is 1. The van der Waals surface area contributed by atoms with Crippen LogP contribution in [0.25, 0.3) is 0 Å². The van der Waals surface area contributed by atoms with Crippen LogP contribution in [0.1, 0.15) is 44.9 Å². The van der Waals surface area contributed by atoms with Crippen molar-refractivity contribution in [3.05, 3.63) is 29.6 Å². The van der Waals surface area contributed by atoms with Crippen LogP contribution in [0, 0.1) is 5.92 Å². The van der Waals surface area contributed by atoms with E-state index < -0.39 is 0 Å². The van der Waals surface area contributed by atoms with E-state index >= 15 is 0 Å². The molecule has 19 heavy (non-hydrogen) atoms. The number of rotatable bonds is 8. The van der Waals surface area contributed by atoms with Gasteiger partial charge in [0, 0.05) is 19.3 Å². The zero-order chi connectivity index (χ0) is 14.3. The predicted octanol–water partition coefficient (Wildman–Crippen LogP) is 2.97. The molecule has 0 aliphatic heterocycles. The summed E-state index contributed by atoms with van der Waals surface area (Å²) in [5.41, 5.74) is 7.63. The van der Waals surface area contributed by atoms with E-state index in [9.17, 15) is 0 Å². The van der Waals surface area contributed by atoms with Crippen molar-refractivity contribution in [1.29, 1.82) is 0 Å². The van der Waals surface area contributed by atoms with Gasteiger partial charge in [0.1, 0.15) is 10.7 Å². The van der Waals surface area contributed by atoms with Crippen LogP contribution in [-0.2, 0) is 6.54 Å². The smallest absolute Gasteiger partial charge is 0.123 e. The van der Waals surface area contributed by atoms with Gasteiger partial charge in [-0.3, -0.25) is 9.88 Å². The van der Waals surface area contributed by atoms with Gasteiger partial charge in [-0.2, -0.15) is 0 Å². The molecular weight excluding hydrogens is 254 g/mol. The molecule has 0 radical (unpaired) electrons. The van der Waals surface area contributed by atoms with Gasteiger partial charge in [-0.05, 0) is 24.1 Å². The molecule has 1 aromatic rings. The summed E-state index contributed by atoms with van der Waals surface area (Å²) in [5.74, 6) is 0.755. The summed E-state index contributed by atoms with van der Waals surface area (Å²) in [5, 5.41) is 0. The summed E-state index contributed by atoms with van der Waals surface area (Å²) in [6.07, 6.45) is 4.19. The molecule has 0 bridgehead atoms. The molecule has 0 saturated carbocycles. The van der Waals surface area contributed by atoms with Crippen LogP contribution in [0.4, 0.5) is 0 Å². The summed E-state index contributed by atoms with van der Waals surface area (Å²) in [7, 11) is 0. The van der Waals surface area contributed by atoms with Crippen molar-refractivity contribution < 1.29 is 0 Å². The number of nitrogens with zero attached hydrogens (tertiary/aromatic N) is 2. The minimum absolute atomic E-state index is 0.384. The summed E-state index contributed by atoms with van der Waals surface area (Å²) in [6.45, 7) is 9.73. The average molecular weight is 279 g/mol. The molecule has 0 spiro atoms. The third kappa shape index (κ3) is 4.88. The number of nitrogens with two attached hydrogens (primary N) is 1. The van der Waals surface area contributed by atoms with Crippen molar-refractivity contribution in [2.24, 2.45) is 11.7 Å². The normalized spacial score (nSPS) is 11.2. The lowest BCUT2D eigenvalue weighted by Gasteiger charge is -2.25. The molecule has 1 rings (SSSR count). The van der Waals surface area contributed by atoms with Crippen LogP contribution in [0.5, 0.6) is 0 Å². The zero-order valence-corrected chi connectivity index (χ0v) is 13.0. The van der Waals surface area contributed by atoms with Gasteiger partial charge in [-0.25, -0.2) is 0 Å². The second-order valence-corrected chi connectivity index (χ2v) is 5.33. The number of hydrogen-bond donors (Lipinski definition) is 1. The highest BCUT2D eigenvalue weighted by atomic mass is 32.1. The first-order chi connectivity index (χ1) is 9.12. The van der Waals surface area contributed by atoms with Gasteiger partial charge in [0.25, 0.3) is 0 Å². The molecule has 1 heterocycles. The first kappa shape index (κ1) is 16.1. The highest BCUT2D eigenvalue weighted by Crippen LogP contribution is 2.14. The minimum atomic E-state index is 0.384. The van der Waals surface area contributed by atoms with Crippen LogP contribution >= 0.6 is 12.2 Å². The molecule has 2 N–H and O–H groups in total. The molecule has 0 aromatic carbocycles. The average Bonchev–Trinajstić information content (AvgIpc) is 2.43. The van der Waals surface area contributed by atoms with Gasteiger partial charge in [-0.15, -0.1) is 0 Å². The molecule has 1 aromatic heterocycles. The Hall–Kier alpha value is -1.00. The SMILES string of the molecule is CCC(CC)CN(CC)Cc1cccnc1C(N)=S. The highest BCUT2D eigenvalue weighted by molar-refractivity contribution is 7.80. The molecule has 0 aliphatic rings. The summed E-state index contributed by atoms with van der Waals surface area (Å²) in [4.78, 5) is 7.12. The molecular formula is C15H25N3S. The fourth-order valence-electron chi connectivity index (χ4n) is 2.25. The van der Waals surface area contributed by atoms with E-state index in [4.69, 9.17) is 18.0 Å². The summed E-state index contributed by atoms with van der Waals surface area (Å²) < 4.78 is 0. The van der Waals surface area contributed by atoms with Crippen LogP contribution in [0.2, 0.25) is 0 Å². The van der Waals surface area contributed by atoms with Crippen LogP contribution < -0.4 is 5.73 Å². The third-order valence-electron chi connectivity index (χ3n) is 3.64. The van der Waals surface area contributed by atoms with E-state index in [2.05, 4.69) is 36.7 Å². The molecule has 0 fully saturated rings. The maximum Gasteiger partial charge on any atom is 0.123 e. The van der Waals surface area contributed by atoms with Gasteiger partial charge >= 0.3 is 0 Å². The van der Waals surface area contributed by atoms with Crippen LogP contribution in [-0.4, -0.2) is 28.0 Å². The first-order valence-electron chi connectivity index (χ1n) is 7.08. The molecule has 0 atom stereocenters. The van der Waals surface area contributed by atoms with Crippen molar-refractivity contribution in [3.8, 4) is 0 Å².